The number of hydrogen-bond donors (Lipinski definition) is 2. The highest BCUT2D eigenvalue weighted by Gasteiger charge is 2.07. The molecule has 1 rings (SSSR count). The summed E-state index contributed by atoms with van der Waals surface area (Å²) in [5, 5.41) is 2.08. The summed E-state index contributed by atoms with van der Waals surface area (Å²) in [6, 6.07) is 4.52. The number of thiophene rings is 1. The van der Waals surface area contributed by atoms with Crippen LogP contribution in [-0.4, -0.2) is 0 Å². The van der Waals surface area contributed by atoms with Gasteiger partial charge in [-0.25, -0.2) is 0 Å². The molecule has 0 spiro atoms. The van der Waals surface area contributed by atoms with Crippen LogP contribution in [0.2, 0.25) is 0 Å². The van der Waals surface area contributed by atoms with Gasteiger partial charge in [-0.15, -0.1) is 11.3 Å². The van der Waals surface area contributed by atoms with Crippen molar-refractivity contribution < 1.29 is 0 Å². The maximum absolute atomic E-state index is 5.41. The molecule has 0 aromatic carbocycles. The monoisotopic (exact) mass is 170 g/mol. The number of nitrogens with two attached hydrogens (primary N) is 1. The summed E-state index contributed by atoms with van der Waals surface area (Å²) in [5.74, 6) is 5.41. The fourth-order valence-corrected chi connectivity index (χ4v) is 1.91. The van der Waals surface area contributed by atoms with Gasteiger partial charge in [-0.1, -0.05) is 19.4 Å². The molecule has 0 radical (unpaired) electrons. The minimum Gasteiger partial charge on any atom is -0.271 e. The Morgan fingerprint density at radius 3 is 3.00 bits per heavy atom. The SMILES string of the molecule is CCC[C@H](NN)c1cccs1. The van der Waals surface area contributed by atoms with Crippen LogP contribution in [0.5, 0.6) is 0 Å². The van der Waals surface area contributed by atoms with E-state index >= 15 is 0 Å². The Morgan fingerprint density at radius 1 is 1.73 bits per heavy atom. The van der Waals surface area contributed by atoms with E-state index in [0.717, 1.165) is 12.8 Å². The van der Waals surface area contributed by atoms with Crippen LogP contribution in [-0.2, 0) is 0 Å². The standard InChI is InChI=1S/C8H14N2S/c1-2-4-7(10-9)8-5-3-6-11-8/h3,5-7,10H,2,4,9H2,1H3/t7-/m0/s1. The first kappa shape index (κ1) is 8.71. The topological polar surface area (TPSA) is 38.0 Å². The van der Waals surface area contributed by atoms with Gasteiger partial charge in [0.25, 0.3) is 0 Å². The fourth-order valence-electron chi connectivity index (χ4n) is 1.09. The Morgan fingerprint density at radius 2 is 2.55 bits per heavy atom. The minimum absolute atomic E-state index is 0.347. The lowest BCUT2D eigenvalue weighted by Crippen LogP contribution is -2.27. The maximum atomic E-state index is 5.41. The molecule has 0 fully saturated rings. The second-order valence-electron chi connectivity index (χ2n) is 2.52. The third kappa shape index (κ3) is 2.29. The molecule has 0 saturated carbocycles. The van der Waals surface area contributed by atoms with Crippen LogP contribution >= 0.6 is 11.3 Å². The van der Waals surface area contributed by atoms with Crippen LogP contribution in [0.4, 0.5) is 0 Å². The number of rotatable bonds is 4. The summed E-state index contributed by atoms with van der Waals surface area (Å²) in [6.45, 7) is 2.16. The van der Waals surface area contributed by atoms with Crippen molar-refractivity contribution >= 4 is 11.3 Å². The van der Waals surface area contributed by atoms with Gasteiger partial charge in [-0.05, 0) is 17.9 Å². The molecular formula is C8H14N2S. The van der Waals surface area contributed by atoms with Gasteiger partial charge in [-0.2, -0.15) is 0 Å². The van der Waals surface area contributed by atoms with E-state index in [0.29, 0.717) is 6.04 Å². The molecule has 11 heavy (non-hydrogen) atoms. The Hall–Kier alpha value is -0.380. The summed E-state index contributed by atoms with van der Waals surface area (Å²) in [6.07, 6.45) is 2.27. The van der Waals surface area contributed by atoms with Crippen molar-refractivity contribution in [2.24, 2.45) is 5.84 Å². The first-order chi connectivity index (χ1) is 5.38. The minimum atomic E-state index is 0.347. The van der Waals surface area contributed by atoms with Crippen molar-refractivity contribution in [3.8, 4) is 0 Å². The molecule has 62 valence electrons. The van der Waals surface area contributed by atoms with Gasteiger partial charge < -0.3 is 0 Å². The van der Waals surface area contributed by atoms with E-state index in [4.69, 9.17) is 5.84 Å². The Labute approximate surface area is 71.4 Å². The van der Waals surface area contributed by atoms with Gasteiger partial charge in [0.15, 0.2) is 0 Å². The molecule has 1 aromatic rings. The second-order valence-corrected chi connectivity index (χ2v) is 3.50. The van der Waals surface area contributed by atoms with Gasteiger partial charge in [0, 0.05) is 4.88 Å². The van der Waals surface area contributed by atoms with Crippen molar-refractivity contribution in [3.63, 3.8) is 0 Å². The molecule has 0 amide bonds. The van der Waals surface area contributed by atoms with E-state index in [1.165, 1.54) is 4.88 Å². The molecule has 0 unspecified atom stereocenters. The van der Waals surface area contributed by atoms with Crippen molar-refractivity contribution in [3.05, 3.63) is 22.4 Å². The predicted molar refractivity (Wildman–Crippen MR) is 49.3 cm³/mol. The predicted octanol–water partition coefficient (Wildman–Crippen LogP) is 2.05. The van der Waals surface area contributed by atoms with E-state index < -0.39 is 0 Å². The summed E-state index contributed by atoms with van der Waals surface area (Å²) >= 11 is 1.75. The van der Waals surface area contributed by atoms with Crippen molar-refractivity contribution in [2.75, 3.05) is 0 Å². The highest BCUT2D eigenvalue weighted by Crippen LogP contribution is 2.21. The molecule has 1 atom stereocenters. The molecule has 0 bridgehead atoms. The Bertz CT molecular complexity index is 184. The van der Waals surface area contributed by atoms with E-state index in [2.05, 4.69) is 29.9 Å². The zero-order valence-corrected chi connectivity index (χ0v) is 7.53. The second kappa shape index (κ2) is 4.49. The van der Waals surface area contributed by atoms with E-state index in [-0.39, 0.29) is 0 Å². The summed E-state index contributed by atoms with van der Waals surface area (Å²) in [5.41, 5.74) is 2.82. The summed E-state index contributed by atoms with van der Waals surface area (Å²) in [7, 11) is 0. The van der Waals surface area contributed by atoms with Crippen molar-refractivity contribution in [2.45, 2.75) is 25.8 Å². The van der Waals surface area contributed by atoms with Crippen molar-refractivity contribution in [1.29, 1.82) is 0 Å². The van der Waals surface area contributed by atoms with Gasteiger partial charge >= 0.3 is 0 Å². The summed E-state index contributed by atoms with van der Waals surface area (Å²) < 4.78 is 0. The molecular weight excluding hydrogens is 156 g/mol. The first-order valence-corrected chi connectivity index (χ1v) is 4.76. The lowest BCUT2D eigenvalue weighted by Gasteiger charge is -2.11. The van der Waals surface area contributed by atoms with Crippen LogP contribution in [0.1, 0.15) is 30.7 Å². The third-order valence-electron chi connectivity index (χ3n) is 1.67. The molecule has 0 aliphatic rings. The molecule has 0 aliphatic carbocycles. The number of hydrogen-bond acceptors (Lipinski definition) is 3. The molecule has 3 N–H and O–H groups in total. The smallest absolute Gasteiger partial charge is 0.0553 e. The first-order valence-electron chi connectivity index (χ1n) is 3.88. The van der Waals surface area contributed by atoms with Gasteiger partial charge in [0.2, 0.25) is 0 Å². The summed E-state index contributed by atoms with van der Waals surface area (Å²) in [4.78, 5) is 1.33. The molecule has 1 heterocycles. The molecule has 0 aliphatic heterocycles. The zero-order chi connectivity index (χ0) is 8.10. The lowest BCUT2D eigenvalue weighted by molar-refractivity contribution is 0.517. The van der Waals surface area contributed by atoms with E-state index in [9.17, 15) is 0 Å². The van der Waals surface area contributed by atoms with E-state index in [1.807, 2.05) is 0 Å². The van der Waals surface area contributed by atoms with Crippen LogP contribution in [0.3, 0.4) is 0 Å². The van der Waals surface area contributed by atoms with Crippen LogP contribution in [0, 0.1) is 0 Å². The Balaban J connectivity index is 2.56. The normalized spacial score (nSPS) is 13.3. The third-order valence-corrected chi connectivity index (χ3v) is 2.65. The fraction of sp³-hybridized carbons (Fsp3) is 0.500. The van der Waals surface area contributed by atoms with Gasteiger partial charge in [0.1, 0.15) is 0 Å². The molecule has 2 nitrogen and oxygen atoms in total. The largest absolute Gasteiger partial charge is 0.271 e. The highest BCUT2D eigenvalue weighted by molar-refractivity contribution is 7.10. The quantitative estimate of drug-likeness (QED) is 0.536. The van der Waals surface area contributed by atoms with Gasteiger partial charge in [0.05, 0.1) is 6.04 Å². The van der Waals surface area contributed by atoms with Crippen LogP contribution in [0.25, 0.3) is 0 Å². The van der Waals surface area contributed by atoms with Crippen LogP contribution in [0.15, 0.2) is 17.5 Å². The average molecular weight is 170 g/mol. The average Bonchev–Trinajstić information content (AvgIpc) is 2.52. The molecule has 1 aromatic heterocycles. The Kier molecular flexibility index (Phi) is 3.56. The number of hydrazine groups is 1. The maximum Gasteiger partial charge on any atom is 0.0553 e. The highest BCUT2D eigenvalue weighted by atomic mass is 32.1. The van der Waals surface area contributed by atoms with Gasteiger partial charge in [-0.3, -0.25) is 11.3 Å². The van der Waals surface area contributed by atoms with E-state index in [1.54, 1.807) is 11.3 Å². The lowest BCUT2D eigenvalue weighted by atomic mass is 10.1. The zero-order valence-electron chi connectivity index (χ0n) is 6.71. The molecule has 0 saturated heterocycles. The molecule has 3 heteroatoms. The van der Waals surface area contributed by atoms with Crippen molar-refractivity contribution in [1.82, 2.24) is 5.43 Å². The number of nitrogens with one attached hydrogen (secondary N) is 1. The van der Waals surface area contributed by atoms with Crippen LogP contribution < -0.4 is 11.3 Å².